The number of fused-ring (bicyclic) bond motifs is 1. The minimum absolute atomic E-state index is 0.0898. The highest BCUT2D eigenvalue weighted by atomic mass is 19.1. The fourth-order valence-corrected chi connectivity index (χ4v) is 5.95. The Hall–Kier alpha value is -4.24. The fourth-order valence-electron chi connectivity index (χ4n) is 5.95. The van der Waals surface area contributed by atoms with Crippen molar-refractivity contribution in [2.75, 3.05) is 52.9 Å². The number of pyridine rings is 1. The number of likely N-dealkylation sites (tertiary alicyclic amines) is 3. The molecule has 3 aliphatic heterocycles. The zero-order valence-electron chi connectivity index (χ0n) is 23.0. The van der Waals surface area contributed by atoms with Crippen LogP contribution in [0.15, 0.2) is 43.0 Å². The normalized spacial score (nSPS) is 20.6. The molecule has 3 aromatic rings. The summed E-state index contributed by atoms with van der Waals surface area (Å²) in [5.74, 6) is 0.440. The molecule has 2 amide bonds. The van der Waals surface area contributed by atoms with Gasteiger partial charge in [0.2, 0.25) is 11.8 Å². The second-order valence-electron chi connectivity index (χ2n) is 11.0. The molecule has 0 radical (unpaired) electrons. The SMILES string of the molecule is COc1cc(-c2cnn(C3CCN(C(=O)C4CN(C(=O)/C=C/CN5CC[C@@H](F)C5)C4)CC3)c2)cn2ncc(C#N)c12. The molecule has 0 saturated carbocycles. The maximum Gasteiger partial charge on any atom is 0.246 e. The summed E-state index contributed by atoms with van der Waals surface area (Å²) in [6.45, 7) is 3.92. The van der Waals surface area contributed by atoms with Crippen molar-refractivity contribution >= 4 is 17.3 Å². The third-order valence-corrected chi connectivity index (χ3v) is 8.38. The Morgan fingerprint density at radius 3 is 2.59 bits per heavy atom. The Bertz CT molecular complexity index is 1510. The van der Waals surface area contributed by atoms with Crippen molar-refractivity contribution in [2.45, 2.75) is 31.5 Å². The highest BCUT2D eigenvalue weighted by Crippen LogP contribution is 2.31. The summed E-state index contributed by atoms with van der Waals surface area (Å²) in [5, 5.41) is 18.2. The minimum atomic E-state index is -0.767. The molecule has 3 fully saturated rings. The van der Waals surface area contributed by atoms with E-state index in [2.05, 4.69) is 16.3 Å². The minimum Gasteiger partial charge on any atom is -0.494 e. The van der Waals surface area contributed by atoms with Crippen molar-refractivity contribution in [1.82, 2.24) is 34.1 Å². The van der Waals surface area contributed by atoms with Crippen LogP contribution in [0.3, 0.4) is 0 Å². The Labute approximate surface area is 237 Å². The number of carbonyl (C=O) groups is 2. The van der Waals surface area contributed by atoms with Crippen LogP contribution in [0.4, 0.5) is 4.39 Å². The molecule has 3 saturated heterocycles. The molecule has 1 atom stereocenters. The zero-order chi connectivity index (χ0) is 28.5. The Morgan fingerprint density at radius 2 is 1.88 bits per heavy atom. The third kappa shape index (κ3) is 5.41. The lowest BCUT2D eigenvalue weighted by Crippen LogP contribution is -2.57. The van der Waals surface area contributed by atoms with Crippen LogP contribution in [0.1, 0.15) is 30.9 Å². The van der Waals surface area contributed by atoms with E-state index in [9.17, 15) is 19.2 Å². The number of amides is 2. The summed E-state index contributed by atoms with van der Waals surface area (Å²) in [5.41, 5.74) is 2.88. The van der Waals surface area contributed by atoms with Crippen molar-refractivity contribution in [3.63, 3.8) is 0 Å². The first-order valence-corrected chi connectivity index (χ1v) is 14.0. The zero-order valence-corrected chi connectivity index (χ0v) is 23.0. The van der Waals surface area contributed by atoms with Crippen LogP contribution in [0.5, 0.6) is 5.75 Å². The number of rotatable bonds is 7. The molecule has 6 rings (SSSR count). The van der Waals surface area contributed by atoms with Crippen LogP contribution in [0.25, 0.3) is 16.6 Å². The van der Waals surface area contributed by atoms with Crippen LogP contribution >= 0.6 is 0 Å². The number of aromatic nitrogens is 4. The molecule has 0 spiro atoms. The summed E-state index contributed by atoms with van der Waals surface area (Å²) >= 11 is 0. The van der Waals surface area contributed by atoms with Crippen molar-refractivity contribution in [3.8, 4) is 22.9 Å². The van der Waals surface area contributed by atoms with Crippen LogP contribution in [-0.2, 0) is 9.59 Å². The molecule has 214 valence electrons. The van der Waals surface area contributed by atoms with Crippen LogP contribution in [0.2, 0.25) is 0 Å². The number of hydrogen-bond donors (Lipinski definition) is 0. The smallest absolute Gasteiger partial charge is 0.246 e. The molecule has 3 aliphatic rings. The number of halogens is 1. The Balaban J connectivity index is 0.995. The van der Waals surface area contributed by atoms with E-state index in [-0.39, 0.29) is 23.8 Å². The van der Waals surface area contributed by atoms with Crippen LogP contribution < -0.4 is 4.74 Å². The first-order valence-electron chi connectivity index (χ1n) is 14.0. The van der Waals surface area contributed by atoms with Crippen LogP contribution in [0, 0.1) is 17.2 Å². The molecule has 3 aromatic heterocycles. The van der Waals surface area contributed by atoms with E-state index < -0.39 is 6.17 Å². The van der Waals surface area contributed by atoms with Gasteiger partial charge in [0.15, 0.2) is 0 Å². The predicted octanol–water partition coefficient (Wildman–Crippen LogP) is 2.30. The van der Waals surface area contributed by atoms with E-state index in [1.54, 1.807) is 28.7 Å². The molecule has 12 heteroatoms. The number of carbonyl (C=O) groups excluding carboxylic acids is 2. The quantitative estimate of drug-likeness (QED) is 0.408. The van der Waals surface area contributed by atoms with Gasteiger partial charge in [-0.1, -0.05) is 6.08 Å². The lowest BCUT2D eigenvalue weighted by atomic mass is 9.96. The highest BCUT2D eigenvalue weighted by molar-refractivity contribution is 5.90. The number of hydrogen-bond acceptors (Lipinski definition) is 7. The fraction of sp³-hybridized carbons (Fsp3) is 0.483. The van der Waals surface area contributed by atoms with Gasteiger partial charge in [-0.3, -0.25) is 19.2 Å². The molecule has 0 aliphatic carbocycles. The molecule has 41 heavy (non-hydrogen) atoms. The van der Waals surface area contributed by atoms with Crippen molar-refractivity contribution < 1.29 is 18.7 Å². The topological polar surface area (TPSA) is 112 Å². The van der Waals surface area contributed by atoms with Gasteiger partial charge in [0, 0.05) is 75.4 Å². The predicted molar refractivity (Wildman–Crippen MR) is 148 cm³/mol. The van der Waals surface area contributed by atoms with Gasteiger partial charge in [0.1, 0.15) is 29.1 Å². The average Bonchev–Trinajstić information content (AvgIpc) is 3.71. The number of alkyl halides is 1. The van der Waals surface area contributed by atoms with Crippen molar-refractivity contribution in [2.24, 2.45) is 5.92 Å². The van der Waals surface area contributed by atoms with E-state index in [1.807, 2.05) is 39.1 Å². The Kier molecular flexibility index (Phi) is 7.45. The molecule has 6 heterocycles. The highest BCUT2D eigenvalue weighted by Gasteiger charge is 2.38. The van der Waals surface area contributed by atoms with E-state index in [0.717, 1.165) is 30.5 Å². The van der Waals surface area contributed by atoms with Gasteiger partial charge < -0.3 is 14.5 Å². The van der Waals surface area contributed by atoms with E-state index >= 15 is 0 Å². The number of ether oxygens (including phenoxy) is 1. The summed E-state index contributed by atoms with van der Waals surface area (Å²) in [4.78, 5) is 31.1. The summed E-state index contributed by atoms with van der Waals surface area (Å²) in [7, 11) is 1.57. The number of methoxy groups -OCH3 is 1. The van der Waals surface area contributed by atoms with Crippen LogP contribution in [-0.4, -0.2) is 105 Å². The van der Waals surface area contributed by atoms with Gasteiger partial charge in [0.05, 0.1) is 31.5 Å². The van der Waals surface area contributed by atoms with E-state index in [0.29, 0.717) is 62.5 Å². The standard InChI is InChI=1S/C29H33FN8O3/c1-41-26-11-20(17-38-28(26)21(12-31)13-33-38)22-14-32-37(18-22)25-5-9-35(10-6-25)29(40)23-15-36(16-23)27(39)3-2-7-34-8-4-24(30)19-34/h2-3,11,13-14,17-18,23-25H,4-10,15-16,19H2,1H3/b3-2+/t24-/m1/s1. The second kappa shape index (κ2) is 11.3. The lowest BCUT2D eigenvalue weighted by molar-refractivity contribution is -0.147. The Morgan fingerprint density at radius 1 is 1.07 bits per heavy atom. The first kappa shape index (κ1) is 27.0. The average molecular weight is 561 g/mol. The van der Waals surface area contributed by atoms with E-state index in [1.165, 1.54) is 6.20 Å². The number of nitrogens with zero attached hydrogens (tertiary/aromatic N) is 8. The second-order valence-corrected chi connectivity index (χ2v) is 11.0. The van der Waals surface area contributed by atoms with Gasteiger partial charge in [0.25, 0.3) is 0 Å². The number of piperidine rings is 1. The summed E-state index contributed by atoms with van der Waals surface area (Å²) in [6.07, 6.45) is 11.9. The largest absolute Gasteiger partial charge is 0.494 e. The molecule has 0 bridgehead atoms. The number of nitriles is 1. The summed E-state index contributed by atoms with van der Waals surface area (Å²) < 4.78 is 22.4. The maximum absolute atomic E-state index is 13.3. The molecule has 0 unspecified atom stereocenters. The molecular formula is C29H33FN8O3. The van der Waals surface area contributed by atoms with E-state index in [4.69, 9.17) is 4.74 Å². The van der Waals surface area contributed by atoms with Crippen molar-refractivity contribution in [3.05, 3.63) is 48.6 Å². The lowest BCUT2D eigenvalue weighted by Gasteiger charge is -2.41. The monoisotopic (exact) mass is 560 g/mol. The molecular weight excluding hydrogens is 527 g/mol. The molecule has 0 N–H and O–H groups in total. The van der Waals surface area contributed by atoms with Gasteiger partial charge in [-0.05, 0) is 25.3 Å². The van der Waals surface area contributed by atoms with Gasteiger partial charge >= 0.3 is 0 Å². The third-order valence-electron chi connectivity index (χ3n) is 8.38. The summed E-state index contributed by atoms with van der Waals surface area (Å²) in [6, 6.07) is 4.21. The molecule has 0 aromatic carbocycles. The molecule has 11 nitrogen and oxygen atoms in total. The van der Waals surface area contributed by atoms with Crippen molar-refractivity contribution in [1.29, 1.82) is 5.26 Å². The van der Waals surface area contributed by atoms with Gasteiger partial charge in [-0.25, -0.2) is 8.91 Å². The van der Waals surface area contributed by atoms with Gasteiger partial charge in [-0.2, -0.15) is 15.5 Å². The first-order chi connectivity index (χ1) is 19.9. The van der Waals surface area contributed by atoms with Gasteiger partial charge in [-0.15, -0.1) is 0 Å². The maximum atomic E-state index is 13.3.